The van der Waals surface area contributed by atoms with Crippen LogP contribution in [0, 0.1) is 11.7 Å². The quantitative estimate of drug-likeness (QED) is 0.560. The lowest BCUT2D eigenvalue weighted by molar-refractivity contribution is -0.138. The summed E-state index contributed by atoms with van der Waals surface area (Å²) in [5.41, 5.74) is 1.87. The van der Waals surface area contributed by atoms with Crippen molar-refractivity contribution in [2.45, 2.75) is 39.1 Å². The monoisotopic (exact) mass is 446 g/mol. The Morgan fingerprint density at radius 2 is 1.65 bits per heavy atom. The SMILES string of the molecule is COc1ccc(CN(C(=O)CSCc2ccc(F)cc2)[C@@H](C)C(=O)NCC(C)C)cc1. The molecule has 0 saturated heterocycles. The Morgan fingerprint density at radius 1 is 1.03 bits per heavy atom. The second-order valence-corrected chi connectivity index (χ2v) is 8.79. The Morgan fingerprint density at radius 3 is 2.23 bits per heavy atom. The summed E-state index contributed by atoms with van der Waals surface area (Å²) in [4.78, 5) is 27.3. The molecular weight excluding hydrogens is 415 g/mol. The molecule has 0 bridgehead atoms. The Hall–Kier alpha value is -2.54. The third-order valence-electron chi connectivity index (χ3n) is 4.77. The Labute approximate surface area is 188 Å². The first-order valence-electron chi connectivity index (χ1n) is 10.3. The maximum absolute atomic E-state index is 13.1. The van der Waals surface area contributed by atoms with Gasteiger partial charge in [0, 0.05) is 18.8 Å². The van der Waals surface area contributed by atoms with Crippen LogP contribution in [0.5, 0.6) is 5.75 Å². The molecule has 1 N–H and O–H groups in total. The van der Waals surface area contributed by atoms with Crippen LogP contribution in [0.2, 0.25) is 0 Å². The average molecular weight is 447 g/mol. The molecule has 2 amide bonds. The van der Waals surface area contributed by atoms with Gasteiger partial charge in [-0.1, -0.05) is 38.1 Å². The van der Waals surface area contributed by atoms with Crippen molar-refractivity contribution in [3.8, 4) is 5.75 Å². The van der Waals surface area contributed by atoms with E-state index in [1.165, 1.54) is 23.9 Å². The summed E-state index contributed by atoms with van der Waals surface area (Å²) < 4.78 is 18.3. The molecule has 0 fully saturated rings. The van der Waals surface area contributed by atoms with Crippen molar-refractivity contribution in [1.82, 2.24) is 10.2 Å². The van der Waals surface area contributed by atoms with E-state index in [4.69, 9.17) is 4.74 Å². The Kier molecular flexibility index (Phi) is 9.85. The molecule has 2 aromatic carbocycles. The number of ether oxygens (including phenoxy) is 1. The molecule has 168 valence electrons. The van der Waals surface area contributed by atoms with E-state index in [9.17, 15) is 14.0 Å². The van der Waals surface area contributed by atoms with Crippen LogP contribution in [0.15, 0.2) is 48.5 Å². The zero-order valence-electron chi connectivity index (χ0n) is 18.6. The van der Waals surface area contributed by atoms with E-state index in [1.54, 1.807) is 31.1 Å². The van der Waals surface area contributed by atoms with Gasteiger partial charge in [0.2, 0.25) is 11.8 Å². The number of hydrogen-bond donors (Lipinski definition) is 1. The van der Waals surface area contributed by atoms with Gasteiger partial charge in [-0.25, -0.2) is 4.39 Å². The molecule has 0 aliphatic carbocycles. The number of rotatable bonds is 11. The van der Waals surface area contributed by atoms with Crippen molar-refractivity contribution in [3.63, 3.8) is 0 Å². The normalized spacial score (nSPS) is 11.8. The number of carbonyl (C=O) groups is 2. The van der Waals surface area contributed by atoms with Crippen LogP contribution >= 0.6 is 11.8 Å². The topological polar surface area (TPSA) is 58.6 Å². The zero-order chi connectivity index (χ0) is 22.8. The molecule has 2 rings (SSSR count). The first-order valence-corrected chi connectivity index (χ1v) is 11.5. The molecule has 0 aliphatic rings. The van der Waals surface area contributed by atoms with E-state index in [1.807, 2.05) is 38.1 Å². The smallest absolute Gasteiger partial charge is 0.242 e. The van der Waals surface area contributed by atoms with Gasteiger partial charge in [0.1, 0.15) is 17.6 Å². The van der Waals surface area contributed by atoms with E-state index in [-0.39, 0.29) is 23.4 Å². The molecule has 7 heteroatoms. The summed E-state index contributed by atoms with van der Waals surface area (Å²) >= 11 is 1.45. The third-order valence-corrected chi connectivity index (χ3v) is 5.76. The van der Waals surface area contributed by atoms with E-state index in [0.717, 1.165) is 16.9 Å². The standard InChI is InChI=1S/C24H31FN2O3S/c1-17(2)13-26-24(29)18(3)27(14-19-7-11-22(30-4)12-8-19)23(28)16-31-15-20-5-9-21(25)10-6-20/h5-12,17-18H,13-16H2,1-4H3,(H,26,29)/t18-/m0/s1. The van der Waals surface area contributed by atoms with Crippen LogP contribution < -0.4 is 10.1 Å². The van der Waals surface area contributed by atoms with Crippen LogP contribution in [0.1, 0.15) is 31.9 Å². The van der Waals surface area contributed by atoms with Gasteiger partial charge in [0.15, 0.2) is 0 Å². The number of hydrogen-bond acceptors (Lipinski definition) is 4. The first-order chi connectivity index (χ1) is 14.8. The lowest BCUT2D eigenvalue weighted by atomic mass is 10.1. The molecule has 5 nitrogen and oxygen atoms in total. The highest BCUT2D eigenvalue weighted by atomic mass is 32.2. The number of methoxy groups -OCH3 is 1. The summed E-state index contributed by atoms with van der Waals surface area (Å²) in [7, 11) is 1.60. The van der Waals surface area contributed by atoms with Crippen molar-refractivity contribution in [1.29, 1.82) is 0 Å². The molecule has 0 radical (unpaired) electrons. The van der Waals surface area contributed by atoms with Crippen LogP contribution in [0.3, 0.4) is 0 Å². The predicted octanol–water partition coefficient (Wildman–Crippen LogP) is 4.26. The van der Waals surface area contributed by atoms with Crippen molar-refractivity contribution in [2.24, 2.45) is 5.92 Å². The van der Waals surface area contributed by atoms with Gasteiger partial charge in [0.25, 0.3) is 0 Å². The van der Waals surface area contributed by atoms with E-state index in [0.29, 0.717) is 24.8 Å². The summed E-state index contributed by atoms with van der Waals surface area (Å²) in [6.07, 6.45) is 0. The van der Waals surface area contributed by atoms with Crippen molar-refractivity contribution >= 4 is 23.6 Å². The molecule has 31 heavy (non-hydrogen) atoms. The molecule has 2 aromatic rings. The molecule has 0 spiro atoms. The summed E-state index contributed by atoms with van der Waals surface area (Å²) in [5, 5.41) is 2.91. The summed E-state index contributed by atoms with van der Waals surface area (Å²) in [6.45, 7) is 6.69. The van der Waals surface area contributed by atoms with Crippen molar-refractivity contribution in [2.75, 3.05) is 19.4 Å². The van der Waals surface area contributed by atoms with Gasteiger partial charge in [-0.15, -0.1) is 11.8 Å². The molecule has 0 heterocycles. The second kappa shape index (κ2) is 12.3. The third kappa shape index (κ3) is 8.25. The number of carbonyl (C=O) groups excluding carboxylic acids is 2. The lowest BCUT2D eigenvalue weighted by Crippen LogP contribution is -2.48. The molecule has 0 aliphatic heterocycles. The molecule has 1 atom stereocenters. The fourth-order valence-corrected chi connectivity index (χ4v) is 3.75. The first kappa shape index (κ1) is 24.7. The fraction of sp³-hybridized carbons (Fsp3) is 0.417. The largest absolute Gasteiger partial charge is 0.497 e. The lowest BCUT2D eigenvalue weighted by Gasteiger charge is -2.29. The highest BCUT2D eigenvalue weighted by molar-refractivity contribution is 7.99. The maximum Gasteiger partial charge on any atom is 0.242 e. The predicted molar refractivity (Wildman–Crippen MR) is 123 cm³/mol. The van der Waals surface area contributed by atoms with E-state index >= 15 is 0 Å². The molecular formula is C24H31FN2O3S. The average Bonchev–Trinajstić information content (AvgIpc) is 2.77. The Balaban J connectivity index is 2.05. The number of amides is 2. The number of nitrogens with zero attached hydrogens (tertiary/aromatic N) is 1. The van der Waals surface area contributed by atoms with Gasteiger partial charge < -0.3 is 15.0 Å². The highest BCUT2D eigenvalue weighted by Crippen LogP contribution is 2.18. The highest BCUT2D eigenvalue weighted by Gasteiger charge is 2.26. The minimum absolute atomic E-state index is 0.116. The molecule has 0 aromatic heterocycles. The van der Waals surface area contributed by atoms with Crippen molar-refractivity contribution in [3.05, 3.63) is 65.5 Å². The summed E-state index contributed by atoms with van der Waals surface area (Å²) in [5.74, 6) is 1.32. The summed E-state index contributed by atoms with van der Waals surface area (Å²) in [6, 6.07) is 13.1. The minimum Gasteiger partial charge on any atom is -0.497 e. The van der Waals surface area contributed by atoms with Crippen LogP contribution in [-0.2, 0) is 21.9 Å². The molecule has 0 unspecified atom stereocenters. The van der Waals surface area contributed by atoms with E-state index < -0.39 is 6.04 Å². The maximum atomic E-state index is 13.1. The number of nitrogens with one attached hydrogen (secondary N) is 1. The number of thioether (sulfide) groups is 1. The van der Waals surface area contributed by atoms with Gasteiger partial charge in [-0.3, -0.25) is 9.59 Å². The van der Waals surface area contributed by atoms with Crippen LogP contribution in [-0.4, -0.2) is 42.2 Å². The van der Waals surface area contributed by atoms with Gasteiger partial charge in [0.05, 0.1) is 12.9 Å². The number of halogens is 1. The van der Waals surface area contributed by atoms with Crippen LogP contribution in [0.25, 0.3) is 0 Å². The van der Waals surface area contributed by atoms with Gasteiger partial charge >= 0.3 is 0 Å². The van der Waals surface area contributed by atoms with Crippen LogP contribution in [0.4, 0.5) is 4.39 Å². The van der Waals surface area contributed by atoms with Crippen molar-refractivity contribution < 1.29 is 18.7 Å². The minimum atomic E-state index is -0.597. The Bertz CT molecular complexity index is 841. The van der Waals surface area contributed by atoms with Gasteiger partial charge in [-0.05, 0) is 48.2 Å². The number of benzene rings is 2. The fourth-order valence-electron chi connectivity index (χ4n) is 2.88. The molecule has 0 saturated carbocycles. The second-order valence-electron chi connectivity index (χ2n) is 7.80. The van der Waals surface area contributed by atoms with Gasteiger partial charge in [-0.2, -0.15) is 0 Å². The van der Waals surface area contributed by atoms with E-state index in [2.05, 4.69) is 5.32 Å². The zero-order valence-corrected chi connectivity index (χ0v) is 19.4.